The number of carbonyl (C=O) groups excluding carboxylic acids is 4. The van der Waals surface area contributed by atoms with Crippen molar-refractivity contribution in [3.63, 3.8) is 0 Å². The van der Waals surface area contributed by atoms with Crippen molar-refractivity contribution in [1.82, 2.24) is 5.32 Å². The highest BCUT2D eigenvalue weighted by molar-refractivity contribution is 5.73. The molecule has 0 aliphatic carbocycles. The van der Waals surface area contributed by atoms with Crippen LogP contribution < -0.4 is 5.32 Å². The Morgan fingerprint density at radius 3 is 2.09 bits per heavy atom. The molecule has 0 saturated carbocycles. The predicted octanol–water partition coefficient (Wildman–Crippen LogP) is -0.336. The molecule has 1 heterocycles. The zero-order valence-corrected chi connectivity index (χ0v) is 13.5. The highest BCUT2D eigenvalue weighted by Gasteiger charge is 2.43. The summed E-state index contributed by atoms with van der Waals surface area (Å²) < 4.78 is 20.7. The highest BCUT2D eigenvalue weighted by atomic mass is 16.7. The van der Waals surface area contributed by atoms with Crippen LogP contribution in [0.4, 0.5) is 0 Å². The largest absolute Gasteiger partial charge is 0.463 e. The molecule has 0 aromatic rings. The van der Waals surface area contributed by atoms with E-state index >= 15 is 0 Å². The molecule has 23 heavy (non-hydrogen) atoms. The molecule has 9 heteroatoms. The zero-order valence-electron chi connectivity index (χ0n) is 13.5. The zero-order chi connectivity index (χ0) is 17.6. The number of rotatable bonds is 5. The molecule has 1 rings (SSSR count). The Morgan fingerprint density at radius 1 is 1.00 bits per heavy atom. The van der Waals surface area contributed by atoms with Gasteiger partial charge in [0.05, 0.1) is 6.10 Å². The van der Waals surface area contributed by atoms with Crippen LogP contribution in [0, 0.1) is 0 Å². The fraction of sp³-hybridized carbons (Fsp3) is 0.714. The summed E-state index contributed by atoms with van der Waals surface area (Å²) in [6, 6.07) is -0.853. The topological polar surface area (TPSA) is 117 Å². The third-order valence-electron chi connectivity index (χ3n) is 2.96. The van der Waals surface area contributed by atoms with Crippen molar-refractivity contribution in [2.24, 2.45) is 0 Å². The number of esters is 3. The lowest BCUT2D eigenvalue weighted by molar-refractivity contribution is -0.237. The van der Waals surface area contributed by atoms with Gasteiger partial charge in [-0.1, -0.05) is 0 Å². The summed E-state index contributed by atoms with van der Waals surface area (Å²) in [5.41, 5.74) is 0. The van der Waals surface area contributed by atoms with E-state index < -0.39 is 48.4 Å². The molecular weight excluding hydrogens is 310 g/mol. The Kier molecular flexibility index (Phi) is 6.95. The van der Waals surface area contributed by atoms with Crippen LogP contribution in [-0.4, -0.2) is 55.0 Å². The molecule has 4 atom stereocenters. The fourth-order valence-electron chi connectivity index (χ4n) is 2.22. The maximum absolute atomic E-state index is 11.4. The van der Waals surface area contributed by atoms with Gasteiger partial charge in [0.25, 0.3) is 0 Å². The number of hydrogen-bond donors (Lipinski definition) is 1. The lowest BCUT2D eigenvalue weighted by atomic mass is 9.99. The van der Waals surface area contributed by atoms with Crippen LogP contribution in [0.25, 0.3) is 0 Å². The molecule has 9 nitrogen and oxygen atoms in total. The summed E-state index contributed by atoms with van der Waals surface area (Å²) in [6.45, 7) is 4.85. The second-order valence-electron chi connectivity index (χ2n) is 5.15. The first kappa shape index (κ1) is 18.9. The van der Waals surface area contributed by atoms with E-state index in [4.69, 9.17) is 18.9 Å². The Labute approximate surface area is 133 Å². The van der Waals surface area contributed by atoms with Crippen molar-refractivity contribution < 1.29 is 38.1 Å². The van der Waals surface area contributed by atoms with E-state index in [0.29, 0.717) is 0 Å². The van der Waals surface area contributed by atoms with Gasteiger partial charge in [-0.25, -0.2) is 0 Å². The lowest BCUT2D eigenvalue weighted by Crippen LogP contribution is -2.59. The number of carbonyl (C=O) groups is 4. The first-order valence-electron chi connectivity index (χ1n) is 7.09. The van der Waals surface area contributed by atoms with Crippen molar-refractivity contribution in [1.29, 1.82) is 0 Å². The van der Waals surface area contributed by atoms with Gasteiger partial charge < -0.3 is 24.3 Å². The Hall–Kier alpha value is -2.16. The molecule has 130 valence electrons. The van der Waals surface area contributed by atoms with Crippen LogP contribution in [0.5, 0.6) is 0 Å². The minimum atomic E-state index is -1.16. The molecule has 1 fully saturated rings. The summed E-state index contributed by atoms with van der Waals surface area (Å²) in [7, 11) is 0. The van der Waals surface area contributed by atoms with Crippen LogP contribution in [0.3, 0.4) is 0 Å². The molecular formula is C14H21NO8. The molecule has 0 radical (unpaired) electrons. The normalized spacial score (nSPS) is 26.8. The number of amides is 1. The highest BCUT2D eigenvalue weighted by Crippen LogP contribution is 2.24. The van der Waals surface area contributed by atoms with Gasteiger partial charge in [0.1, 0.15) is 18.8 Å². The second-order valence-corrected chi connectivity index (χ2v) is 5.15. The van der Waals surface area contributed by atoms with E-state index in [2.05, 4.69) is 5.32 Å². The van der Waals surface area contributed by atoms with Crippen LogP contribution in [0.2, 0.25) is 0 Å². The molecule has 0 unspecified atom stereocenters. The van der Waals surface area contributed by atoms with Crippen molar-refractivity contribution >= 4 is 23.8 Å². The smallest absolute Gasteiger partial charge is 0.305 e. The molecule has 0 aromatic heterocycles. The number of ether oxygens (including phenoxy) is 4. The van der Waals surface area contributed by atoms with Crippen LogP contribution in [0.1, 0.15) is 34.1 Å². The molecule has 1 aliphatic rings. The Morgan fingerprint density at radius 2 is 1.61 bits per heavy atom. The van der Waals surface area contributed by atoms with E-state index in [-0.39, 0.29) is 13.0 Å². The molecule has 1 aliphatic heterocycles. The summed E-state index contributed by atoms with van der Waals surface area (Å²) in [4.78, 5) is 44.8. The van der Waals surface area contributed by atoms with E-state index in [1.807, 2.05) is 0 Å². The van der Waals surface area contributed by atoms with Crippen LogP contribution >= 0.6 is 0 Å². The minimum absolute atomic E-state index is 0.0857. The Balaban J connectivity index is 2.92. The summed E-state index contributed by atoms with van der Waals surface area (Å²) in [5.74, 6) is -2.07. The molecule has 1 saturated heterocycles. The third-order valence-corrected chi connectivity index (χ3v) is 2.96. The SMILES string of the molecule is CC(=O)N[C@@H]1[C@H](OC(C)=O)O[C@H](COC(C)=O)C[C@@H]1OC(C)=O. The number of hydrogen-bond acceptors (Lipinski definition) is 8. The van der Waals surface area contributed by atoms with Gasteiger partial charge in [-0.2, -0.15) is 0 Å². The Bertz CT molecular complexity index is 451. The molecule has 0 aromatic carbocycles. The van der Waals surface area contributed by atoms with Crippen molar-refractivity contribution in [3.05, 3.63) is 0 Å². The van der Waals surface area contributed by atoms with Gasteiger partial charge in [-0.15, -0.1) is 0 Å². The van der Waals surface area contributed by atoms with Crippen molar-refractivity contribution in [3.8, 4) is 0 Å². The van der Waals surface area contributed by atoms with Gasteiger partial charge in [0, 0.05) is 34.1 Å². The van der Waals surface area contributed by atoms with E-state index in [0.717, 1.165) is 0 Å². The molecule has 1 N–H and O–H groups in total. The summed E-state index contributed by atoms with van der Waals surface area (Å²) in [5, 5.41) is 2.55. The maximum Gasteiger partial charge on any atom is 0.305 e. The van der Waals surface area contributed by atoms with Gasteiger partial charge in [0.15, 0.2) is 0 Å². The van der Waals surface area contributed by atoms with Gasteiger partial charge in [0.2, 0.25) is 12.2 Å². The van der Waals surface area contributed by atoms with E-state index in [1.165, 1.54) is 27.7 Å². The third kappa shape index (κ3) is 6.64. The van der Waals surface area contributed by atoms with E-state index in [9.17, 15) is 19.2 Å². The number of nitrogens with one attached hydrogen (secondary N) is 1. The first-order chi connectivity index (χ1) is 10.7. The second kappa shape index (κ2) is 8.47. The molecule has 1 amide bonds. The minimum Gasteiger partial charge on any atom is -0.463 e. The fourth-order valence-corrected chi connectivity index (χ4v) is 2.22. The monoisotopic (exact) mass is 331 g/mol. The van der Waals surface area contributed by atoms with E-state index in [1.54, 1.807) is 0 Å². The van der Waals surface area contributed by atoms with Gasteiger partial charge in [-0.05, 0) is 0 Å². The maximum atomic E-state index is 11.4. The molecule has 0 spiro atoms. The van der Waals surface area contributed by atoms with Gasteiger partial charge >= 0.3 is 17.9 Å². The van der Waals surface area contributed by atoms with Crippen molar-refractivity contribution in [2.75, 3.05) is 6.61 Å². The predicted molar refractivity (Wildman–Crippen MR) is 74.8 cm³/mol. The quantitative estimate of drug-likeness (QED) is 0.537. The average molecular weight is 331 g/mol. The van der Waals surface area contributed by atoms with Crippen LogP contribution in [0.15, 0.2) is 0 Å². The lowest BCUT2D eigenvalue weighted by Gasteiger charge is -2.40. The average Bonchev–Trinajstić information content (AvgIpc) is 2.38. The van der Waals surface area contributed by atoms with Gasteiger partial charge in [-0.3, -0.25) is 19.2 Å². The summed E-state index contributed by atoms with van der Waals surface area (Å²) in [6.07, 6.45) is -2.40. The van der Waals surface area contributed by atoms with Crippen molar-refractivity contribution in [2.45, 2.75) is 58.7 Å². The standard InChI is InChI=1S/C14H21NO8/c1-7(16)15-13-12(21-9(3)18)5-11(6-20-8(2)17)23-14(13)22-10(4)19/h11-14H,5-6H2,1-4H3,(H,15,16)/t11-,12-,13-,14+/m0/s1. The van der Waals surface area contributed by atoms with Crippen LogP contribution in [-0.2, 0) is 38.1 Å². The first-order valence-corrected chi connectivity index (χ1v) is 7.09. The summed E-state index contributed by atoms with van der Waals surface area (Å²) >= 11 is 0. The molecule has 0 bridgehead atoms.